The lowest BCUT2D eigenvalue weighted by molar-refractivity contribution is -0.136. The van der Waals surface area contributed by atoms with Gasteiger partial charge >= 0.3 is 5.97 Å². The number of rotatable bonds is 9. The lowest BCUT2D eigenvalue weighted by Crippen LogP contribution is -2.04. The lowest BCUT2D eigenvalue weighted by atomic mass is 10.1. The van der Waals surface area contributed by atoms with Gasteiger partial charge in [0.2, 0.25) is 0 Å². The highest BCUT2D eigenvalue weighted by Crippen LogP contribution is 2.28. The van der Waals surface area contributed by atoms with Gasteiger partial charge in [0, 0.05) is 10.9 Å². The first-order valence-corrected chi connectivity index (χ1v) is 10.9. The molecule has 0 aliphatic carbocycles. The van der Waals surface area contributed by atoms with Crippen molar-refractivity contribution in [2.24, 2.45) is 0 Å². The standard InChI is InChI=1S/C25H21IO5/c26-22-11-18(15-30-23-9-5-4-8-19(23)13-24(27)28)10-20-12-21(31-25(20)22)16-29-14-17-6-2-1-3-7-17/h1-12H,13-16H2,(H,27,28). The number of hydrogen-bond donors (Lipinski definition) is 1. The van der Waals surface area contributed by atoms with Crippen LogP contribution in [-0.4, -0.2) is 11.1 Å². The molecule has 1 heterocycles. The van der Waals surface area contributed by atoms with Crippen LogP contribution in [0.2, 0.25) is 0 Å². The van der Waals surface area contributed by atoms with Gasteiger partial charge in [0.1, 0.15) is 30.3 Å². The van der Waals surface area contributed by atoms with Crippen LogP contribution in [0.15, 0.2) is 77.2 Å². The van der Waals surface area contributed by atoms with Crippen LogP contribution < -0.4 is 4.74 Å². The van der Waals surface area contributed by atoms with Crippen molar-refractivity contribution in [2.75, 3.05) is 0 Å². The summed E-state index contributed by atoms with van der Waals surface area (Å²) in [5.74, 6) is 0.475. The number of hydrogen-bond acceptors (Lipinski definition) is 4. The van der Waals surface area contributed by atoms with Gasteiger partial charge in [-0.05, 0) is 58.0 Å². The molecule has 0 spiro atoms. The van der Waals surface area contributed by atoms with Crippen LogP contribution in [0.3, 0.4) is 0 Å². The third-order valence-corrected chi connectivity index (χ3v) is 5.55. The topological polar surface area (TPSA) is 68.9 Å². The molecule has 0 radical (unpaired) electrons. The van der Waals surface area contributed by atoms with Crippen LogP contribution >= 0.6 is 22.6 Å². The Morgan fingerprint density at radius 1 is 0.903 bits per heavy atom. The minimum absolute atomic E-state index is 0.0686. The van der Waals surface area contributed by atoms with Crippen LogP contribution in [0.4, 0.5) is 0 Å². The maximum absolute atomic E-state index is 11.1. The molecule has 4 rings (SSSR count). The van der Waals surface area contributed by atoms with Gasteiger partial charge in [-0.15, -0.1) is 0 Å². The fourth-order valence-corrected chi connectivity index (χ4v) is 4.16. The summed E-state index contributed by atoms with van der Waals surface area (Å²) in [4.78, 5) is 11.1. The average Bonchev–Trinajstić information content (AvgIpc) is 3.17. The van der Waals surface area contributed by atoms with Gasteiger partial charge < -0.3 is 19.0 Å². The number of benzene rings is 3. The fourth-order valence-electron chi connectivity index (χ4n) is 3.33. The van der Waals surface area contributed by atoms with Gasteiger partial charge in [-0.1, -0.05) is 48.5 Å². The first-order valence-electron chi connectivity index (χ1n) is 9.83. The first kappa shape index (κ1) is 21.4. The number of carboxylic acids is 1. The summed E-state index contributed by atoms with van der Waals surface area (Å²) < 4.78 is 18.7. The molecule has 0 saturated heterocycles. The Bertz CT molecular complexity index is 1180. The number of furan rings is 1. The van der Waals surface area contributed by atoms with Crippen molar-refractivity contribution < 1.29 is 23.8 Å². The summed E-state index contributed by atoms with van der Waals surface area (Å²) in [7, 11) is 0. The Hall–Kier alpha value is -2.84. The zero-order valence-corrected chi connectivity index (χ0v) is 18.9. The smallest absolute Gasteiger partial charge is 0.307 e. The second-order valence-electron chi connectivity index (χ2n) is 7.15. The molecule has 0 atom stereocenters. The Labute approximate surface area is 193 Å². The molecule has 0 bridgehead atoms. The average molecular weight is 528 g/mol. The van der Waals surface area contributed by atoms with Crippen LogP contribution in [0.25, 0.3) is 11.0 Å². The predicted molar refractivity (Wildman–Crippen MR) is 126 cm³/mol. The summed E-state index contributed by atoms with van der Waals surface area (Å²) >= 11 is 2.25. The number of halogens is 1. The van der Waals surface area contributed by atoms with E-state index in [1.165, 1.54) is 0 Å². The zero-order valence-electron chi connectivity index (χ0n) is 16.7. The molecular weight excluding hydrogens is 507 g/mol. The Kier molecular flexibility index (Phi) is 6.89. The molecule has 158 valence electrons. The van der Waals surface area contributed by atoms with E-state index >= 15 is 0 Å². The summed E-state index contributed by atoms with van der Waals surface area (Å²) in [6.45, 7) is 1.27. The van der Waals surface area contributed by atoms with Crippen molar-refractivity contribution in [3.05, 3.63) is 98.8 Å². The lowest BCUT2D eigenvalue weighted by Gasteiger charge is -2.10. The summed E-state index contributed by atoms with van der Waals surface area (Å²) in [5, 5.41) is 10.1. The van der Waals surface area contributed by atoms with E-state index < -0.39 is 5.97 Å². The van der Waals surface area contributed by atoms with Crippen molar-refractivity contribution in [3.8, 4) is 5.75 Å². The Morgan fingerprint density at radius 2 is 1.68 bits per heavy atom. The molecule has 1 N–H and O–H groups in total. The molecule has 31 heavy (non-hydrogen) atoms. The molecule has 0 saturated carbocycles. The molecule has 0 aliphatic heterocycles. The van der Waals surface area contributed by atoms with Crippen LogP contribution in [0, 0.1) is 3.57 Å². The quantitative estimate of drug-likeness (QED) is 0.272. The third-order valence-electron chi connectivity index (χ3n) is 4.75. The molecule has 1 aromatic heterocycles. The zero-order chi connectivity index (χ0) is 21.6. The van der Waals surface area contributed by atoms with Crippen LogP contribution in [0.5, 0.6) is 5.75 Å². The fraction of sp³-hybridized carbons (Fsp3) is 0.160. The van der Waals surface area contributed by atoms with Crippen molar-refractivity contribution in [1.29, 1.82) is 0 Å². The number of aliphatic carboxylic acids is 1. The molecule has 6 heteroatoms. The van der Waals surface area contributed by atoms with E-state index in [9.17, 15) is 4.79 Å². The van der Waals surface area contributed by atoms with Gasteiger partial charge in [-0.25, -0.2) is 0 Å². The monoisotopic (exact) mass is 528 g/mol. The second kappa shape index (κ2) is 9.98. The number of para-hydroxylation sites is 1. The maximum Gasteiger partial charge on any atom is 0.307 e. The summed E-state index contributed by atoms with van der Waals surface area (Å²) in [5.41, 5.74) is 3.59. The number of carboxylic acid groups (broad SMARTS) is 1. The van der Waals surface area contributed by atoms with E-state index in [-0.39, 0.29) is 6.42 Å². The van der Waals surface area contributed by atoms with E-state index in [0.717, 1.165) is 31.4 Å². The number of fused-ring (bicyclic) bond motifs is 1. The molecule has 4 aromatic rings. The van der Waals surface area contributed by atoms with Gasteiger partial charge in [-0.3, -0.25) is 4.79 Å². The molecule has 0 amide bonds. The summed E-state index contributed by atoms with van der Waals surface area (Å²) in [6.07, 6.45) is -0.0686. The van der Waals surface area contributed by atoms with E-state index in [2.05, 4.69) is 22.6 Å². The van der Waals surface area contributed by atoms with E-state index in [1.54, 1.807) is 12.1 Å². The Balaban J connectivity index is 1.43. The predicted octanol–water partition coefficient (Wildman–Crippen LogP) is 5.96. The highest BCUT2D eigenvalue weighted by Gasteiger charge is 2.12. The number of ether oxygens (including phenoxy) is 2. The van der Waals surface area contributed by atoms with Gasteiger partial charge in [0.05, 0.1) is 16.6 Å². The second-order valence-corrected chi connectivity index (χ2v) is 8.32. The van der Waals surface area contributed by atoms with Gasteiger partial charge in [-0.2, -0.15) is 0 Å². The van der Waals surface area contributed by atoms with Crippen molar-refractivity contribution in [3.63, 3.8) is 0 Å². The third kappa shape index (κ3) is 5.65. The SMILES string of the molecule is O=C(O)Cc1ccccc1OCc1cc(I)c2oc(COCc3ccccc3)cc2c1. The van der Waals surface area contributed by atoms with E-state index in [1.807, 2.05) is 60.7 Å². The largest absolute Gasteiger partial charge is 0.489 e. The maximum atomic E-state index is 11.1. The highest BCUT2D eigenvalue weighted by atomic mass is 127. The minimum atomic E-state index is -0.882. The summed E-state index contributed by atoms with van der Waals surface area (Å²) in [6, 6.07) is 23.3. The molecule has 0 fully saturated rings. The van der Waals surface area contributed by atoms with Gasteiger partial charge in [0.15, 0.2) is 0 Å². The molecule has 3 aromatic carbocycles. The van der Waals surface area contributed by atoms with E-state index in [0.29, 0.717) is 31.1 Å². The highest BCUT2D eigenvalue weighted by molar-refractivity contribution is 14.1. The minimum Gasteiger partial charge on any atom is -0.489 e. The number of carbonyl (C=O) groups is 1. The van der Waals surface area contributed by atoms with Crippen molar-refractivity contribution in [2.45, 2.75) is 26.2 Å². The van der Waals surface area contributed by atoms with Gasteiger partial charge in [0.25, 0.3) is 0 Å². The molecule has 5 nitrogen and oxygen atoms in total. The van der Waals surface area contributed by atoms with Crippen molar-refractivity contribution >= 4 is 39.5 Å². The molecular formula is C25H21IO5. The Morgan fingerprint density at radius 3 is 2.48 bits per heavy atom. The molecule has 0 unspecified atom stereocenters. The van der Waals surface area contributed by atoms with Crippen LogP contribution in [-0.2, 0) is 35.8 Å². The normalized spacial score (nSPS) is 11.0. The van der Waals surface area contributed by atoms with Crippen LogP contribution in [0.1, 0.15) is 22.5 Å². The van der Waals surface area contributed by atoms with Crippen molar-refractivity contribution in [1.82, 2.24) is 0 Å². The molecule has 0 aliphatic rings. The van der Waals surface area contributed by atoms with E-state index in [4.69, 9.17) is 19.0 Å². The first-order chi connectivity index (χ1) is 15.1.